The molecule has 134 valence electrons. The predicted molar refractivity (Wildman–Crippen MR) is 103 cm³/mol. The van der Waals surface area contributed by atoms with Gasteiger partial charge < -0.3 is 10.2 Å². The number of fused-ring (bicyclic) bond motifs is 3. The first kappa shape index (κ1) is 17.0. The van der Waals surface area contributed by atoms with Crippen molar-refractivity contribution < 1.29 is 9.59 Å². The lowest BCUT2D eigenvalue weighted by Crippen LogP contribution is -2.50. The number of ketones is 1. The molecule has 1 amide bonds. The standard InChI is InChI=1S/C22H24N2O2/c1-24(2)22(11-5-6-12-22)14-23-21(26)15-9-10-17-16-7-3-4-8-18(16)20(25)19(17)13-15/h3-4,7-10,13H,5-6,11-12,14H2,1-2H3,(H,23,26). The van der Waals surface area contributed by atoms with Crippen molar-refractivity contribution in [2.75, 3.05) is 20.6 Å². The van der Waals surface area contributed by atoms with Crippen LogP contribution in [0.5, 0.6) is 0 Å². The number of amides is 1. The summed E-state index contributed by atoms with van der Waals surface area (Å²) in [5.41, 5.74) is 3.83. The summed E-state index contributed by atoms with van der Waals surface area (Å²) >= 11 is 0. The summed E-state index contributed by atoms with van der Waals surface area (Å²) in [6, 6.07) is 13.1. The Morgan fingerprint density at radius 3 is 2.35 bits per heavy atom. The molecule has 1 fully saturated rings. The molecule has 4 heteroatoms. The number of hydrogen-bond donors (Lipinski definition) is 1. The van der Waals surface area contributed by atoms with Crippen molar-refractivity contribution in [1.82, 2.24) is 10.2 Å². The lowest BCUT2D eigenvalue weighted by Gasteiger charge is -2.36. The fourth-order valence-electron chi connectivity index (χ4n) is 4.33. The van der Waals surface area contributed by atoms with Gasteiger partial charge in [-0.25, -0.2) is 0 Å². The fourth-order valence-corrected chi connectivity index (χ4v) is 4.33. The summed E-state index contributed by atoms with van der Waals surface area (Å²) < 4.78 is 0. The molecule has 0 aliphatic heterocycles. The van der Waals surface area contributed by atoms with Gasteiger partial charge in [0.25, 0.3) is 5.91 Å². The SMILES string of the molecule is CN(C)C1(CNC(=O)c2ccc3c(c2)C(=O)c2ccccc2-3)CCCC1. The number of nitrogens with one attached hydrogen (secondary N) is 1. The Morgan fingerprint density at radius 2 is 1.65 bits per heavy atom. The van der Waals surface area contributed by atoms with Crippen LogP contribution < -0.4 is 5.32 Å². The van der Waals surface area contributed by atoms with E-state index in [1.807, 2.05) is 36.4 Å². The van der Waals surface area contributed by atoms with Crippen molar-refractivity contribution in [3.05, 3.63) is 59.2 Å². The monoisotopic (exact) mass is 348 g/mol. The number of carbonyl (C=O) groups is 2. The van der Waals surface area contributed by atoms with Crippen molar-refractivity contribution in [3.63, 3.8) is 0 Å². The molecule has 2 aromatic rings. The number of benzene rings is 2. The van der Waals surface area contributed by atoms with Gasteiger partial charge in [0.2, 0.25) is 0 Å². The molecule has 26 heavy (non-hydrogen) atoms. The quantitative estimate of drug-likeness (QED) is 0.785. The second-order valence-corrected chi connectivity index (χ2v) is 7.64. The van der Waals surface area contributed by atoms with E-state index in [-0.39, 0.29) is 17.2 Å². The van der Waals surface area contributed by atoms with E-state index in [0.29, 0.717) is 17.7 Å². The molecular formula is C22H24N2O2. The van der Waals surface area contributed by atoms with Crippen LogP contribution in [0.25, 0.3) is 11.1 Å². The zero-order chi connectivity index (χ0) is 18.3. The van der Waals surface area contributed by atoms with Gasteiger partial charge in [-0.2, -0.15) is 0 Å². The maximum Gasteiger partial charge on any atom is 0.251 e. The minimum absolute atomic E-state index is 0.00537. The van der Waals surface area contributed by atoms with E-state index in [0.717, 1.165) is 29.5 Å². The molecule has 1 N–H and O–H groups in total. The second kappa shape index (κ2) is 6.36. The largest absolute Gasteiger partial charge is 0.350 e. The van der Waals surface area contributed by atoms with E-state index < -0.39 is 0 Å². The lowest BCUT2D eigenvalue weighted by atomic mass is 9.95. The summed E-state index contributed by atoms with van der Waals surface area (Å²) in [6.45, 7) is 0.643. The van der Waals surface area contributed by atoms with Gasteiger partial charge in [-0.05, 0) is 50.2 Å². The lowest BCUT2D eigenvalue weighted by molar-refractivity contribution is 0.0900. The van der Waals surface area contributed by atoms with Crippen molar-refractivity contribution >= 4 is 11.7 Å². The Labute approximate surface area is 154 Å². The summed E-state index contributed by atoms with van der Waals surface area (Å²) in [5, 5.41) is 3.10. The molecule has 2 aliphatic rings. The maximum absolute atomic E-state index is 12.7. The Hall–Kier alpha value is -2.46. The average Bonchev–Trinajstić information content (AvgIpc) is 3.25. The highest BCUT2D eigenvalue weighted by atomic mass is 16.1. The van der Waals surface area contributed by atoms with Gasteiger partial charge >= 0.3 is 0 Å². The van der Waals surface area contributed by atoms with Crippen LogP contribution in [0.1, 0.15) is 52.0 Å². The van der Waals surface area contributed by atoms with E-state index in [1.54, 1.807) is 6.07 Å². The molecule has 0 atom stereocenters. The van der Waals surface area contributed by atoms with Gasteiger partial charge in [0.05, 0.1) is 0 Å². The number of carbonyl (C=O) groups excluding carboxylic acids is 2. The molecule has 0 radical (unpaired) electrons. The Balaban J connectivity index is 1.55. The smallest absolute Gasteiger partial charge is 0.251 e. The maximum atomic E-state index is 12.7. The fraction of sp³-hybridized carbons (Fsp3) is 0.364. The highest BCUT2D eigenvalue weighted by Crippen LogP contribution is 2.37. The molecule has 0 spiro atoms. The Morgan fingerprint density at radius 1 is 1.00 bits per heavy atom. The van der Waals surface area contributed by atoms with E-state index in [4.69, 9.17) is 0 Å². The van der Waals surface area contributed by atoms with Crippen molar-refractivity contribution in [3.8, 4) is 11.1 Å². The molecule has 1 saturated carbocycles. The third-order valence-corrected chi connectivity index (χ3v) is 6.05. The minimum atomic E-state index is -0.107. The molecule has 0 unspecified atom stereocenters. The van der Waals surface area contributed by atoms with Crippen molar-refractivity contribution in [2.45, 2.75) is 31.2 Å². The first-order valence-electron chi connectivity index (χ1n) is 9.26. The highest BCUT2D eigenvalue weighted by molar-refractivity contribution is 6.22. The molecule has 0 saturated heterocycles. The Bertz CT molecular complexity index is 879. The topological polar surface area (TPSA) is 49.4 Å². The third-order valence-electron chi connectivity index (χ3n) is 6.05. The van der Waals surface area contributed by atoms with Crippen LogP contribution in [-0.2, 0) is 0 Å². The first-order chi connectivity index (χ1) is 12.5. The van der Waals surface area contributed by atoms with E-state index >= 15 is 0 Å². The molecular weight excluding hydrogens is 324 g/mol. The van der Waals surface area contributed by atoms with Crippen molar-refractivity contribution in [2.24, 2.45) is 0 Å². The zero-order valence-corrected chi connectivity index (χ0v) is 15.3. The number of rotatable bonds is 4. The first-order valence-corrected chi connectivity index (χ1v) is 9.26. The predicted octanol–water partition coefficient (Wildman–Crippen LogP) is 3.50. The molecule has 0 bridgehead atoms. The van der Waals surface area contributed by atoms with Gasteiger partial charge in [0.15, 0.2) is 5.78 Å². The highest BCUT2D eigenvalue weighted by Gasteiger charge is 2.36. The van der Waals surface area contributed by atoms with Crippen LogP contribution in [0.3, 0.4) is 0 Å². The number of likely N-dealkylation sites (N-methyl/N-ethyl adjacent to an activating group) is 1. The minimum Gasteiger partial charge on any atom is -0.350 e. The summed E-state index contributed by atoms with van der Waals surface area (Å²) in [5.74, 6) is -0.101. The van der Waals surface area contributed by atoms with Gasteiger partial charge in [-0.1, -0.05) is 43.2 Å². The molecule has 2 aliphatic carbocycles. The van der Waals surface area contributed by atoms with Gasteiger partial charge in [-0.3, -0.25) is 9.59 Å². The van der Waals surface area contributed by atoms with Crippen LogP contribution in [0.15, 0.2) is 42.5 Å². The zero-order valence-electron chi connectivity index (χ0n) is 15.3. The van der Waals surface area contributed by atoms with Crippen LogP contribution in [0.4, 0.5) is 0 Å². The number of hydrogen-bond acceptors (Lipinski definition) is 3. The van der Waals surface area contributed by atoms with Gasteiger partial charge in [0, 0.05) is 28.8 Å². The molecule has 0 aromatic heterocycles. The Kier molecular flexibility index (Phi) is 4.16. The van der Waals surface area contributed by atoms with E-state index in [2.05, 4.69) is 24.3 Å². The molecule has 4 nitrogen and oxygen atoms in total. The third kappa shape index (κ3) is 2.65. The van der Waals surface area contributed by atoms with Crippen LogP contribution in [0.2, 0.25) is 0 Å². The molecule has 4 rings (SSSR count). The van der Waals surface area contributed by atoms with Crippen LogP contribution in [0, 0.1) is 0 Å². The van der Waals surface area contributed by atoms with E-state index in [9.17, 15) is 9.59 Å². The molecule has 2 aromatic carbocycles. The average molecular weight is 348 g/mol. The summed E-state index contributed by atoms with van der Waals surface area (Å²) in [7, 11) is 4.17. The number of nitrogens with zero attached hydrogens (tertiary/aromatic N) is 1. The van der Waals surface area contributed by atoms with Gasteiger partial charge in [0.1, 0.15) is 0 Å². The molecule has 0 heterocycles. The van der Waals surface area contributed by atoms with Crippen LogP contribution >= 0.6 is 0 Å². The second-order valence-electron chi connectivity index (χ2n) is 7.64. The van der Waals surface area contributed by atoms with Gasteiger partial charge in [-0.15, -0.1) is 0 Å². The summed E-state index contributed by atoms with van der Waals surface area (Å²) in [4.78, 5) is 27.6. The van der Waals surface area contributed by atoms with Crippen LogP contribution in [-0.4, -0.2) is 42.8 Å². The van der Waals surface area contributed by atoms with E-state index in [1.165, 1.54) is 12.8 Å². The normalized spacial score (nSPS) is 17.3. The summed E-state index contributed by atoms with van der Waals surface area (Å²) in [6.07, 6.45) is 4.63. The van der Waals surface area contributed by atoms with Crippen molar-refractivity contribution in [1.29, 1.82) is 0 Å².